The highest BCUT2D eigenvalue weighted by atomic mass is 16.3. The fraction of sp³-hybridized carbons (Fsp3) is 0.0500. The van der Waals surface area contributed by atoms with Crippen molar-refractivity contribution in [1.82, 2.24) is 0 Å². The molecule has 2 aromatic rings. The highest BCUT2D eigenvalue weighted by molar-refractivity contribution is 6.02. The van der Waals surface area contributed by atoms with Gasteiger partial charge >= 0.3 is 0 Å². The maximum Gasteiger partial charge on any atom is 0.182 e. The molecule has 1 aliphatic heterocycles. The molecule has 3 nitrogen and oxygen atoms in total. The Labute approximate surface area is 132 Å². The molecule has 0 aromatic heterocycles. The maximum absolute atomic E-state index is 11.7. The van der Waals surface area contributed by atoms with Gasteiger partial charge in [0.25, 0.3) is 0 Å². The minimum absolute atomic E-state index is 0.101. The number of aromatic hydroxyl groups is 1. The van der Waals surface area contributed by atoms with Crippen LogP contribution in [0.3, 0.4) is 0 Å². The Kier molecular flexibility index (Phi) is 2.95. The Balaban J connectivity index is 2.20. The van der Waals surface area contributed by atoms with Crippen molar-refractivity contribution in [2.24, 2.45) is 0 Å². The summed E-state index contributed by atoms with van der Waals surface area (Å²) < 4.78 is 5.84. The average molecular weight is 302 g/mol. The van der Waals surface area contributed by atoms with E-state index in [1.165, 1.54) is 6.07 Å². The summed E-state index contributed by atoms with van der Waals surface area (Å²) in [7, 11) is 0. The lowest BCUT2D eigenvalue weighted by Gasteiger charge is -2.15. The predicted octanol–water partition coefficient (Wildman–Crippen LogP) is 4.58. The molecule has 0 amide bonds. The van der Waals surface area contributed by atoms with Gasteiger partial charge in [0.2, 0.25) is 0 Å². The van der Waals surface area contributed by atoms with E-state index in [0.717, 1.165) is 27.6 Å². The molecule has 1 aliphatic carbocycles. The molecule has 2 aromatic carbocycles. The minimum Gasteiger partial charge on any atom is -0.508 e. The molecule has 0 fully saturated rings. The summed E-state index contributed by atoms with van der Waals surface area (Å²) in [5.41, 5.74) is 4.55. The molecule has 0 spiro atoms. The summed E-state index contributed by atoms with van der Waals surface area (Å²) in [5, 5.41) is 10.6. The Hall–Kier alpha value is -3.07. The molecule has 112 valence electrons. The normalized spacial score (nSPS) is 11.2. The number of rotatable bonds is 1. The molecule has 1 heterocycles. The van der Waals surface area contributed by atoms with Crippen LogP contribution in [-0.4, -0.2) is 5.11 Å². The number of hydrogen-bond donors (Lipinski definition) is 1. The zero-order valence-electron chi connectivity index (χ0n) is 12.5. The zero-order chi connectivity index (χ0) is 16.0. The standard InChI is InChI=1S/C20H14O3/c1-12-3-2-4-13(9-12)20-16-7-5-14(21)10-18(16)23-19-11-15(22)6-8-17(19)20/h2-11,21H,1H3. The third-order valence-corrected chi connectivity index (χ3v) is 3.98. The van der Waals surface area contributed by atoms with E-state index < -0.39 is 0 Å². The van der Waals surface area contributed by atoms with Crippen LogP contribution < -0.4 is 5.43 Å². The van der Waals surface area contributed by atoms with Crippen molar-refractivity contribution in [2.75, 3.05) is 0 Å². The van der Waals surface area contributed by atoms with Crippen LogP contribution in [0.5, 0.6) is 5.75 Å². The molecular formula is C20H14O3. The summed E-state index contributed by atoms with van der Waals surface area (Å²) in [6.07, 6.45) is 0. The Bertz CT molecular complexity index is 1060. The zero-order valence-corrected chi connectivity index (χ0v) is 12.5. The van der Waals surface area contributed by atoms with Gasteiger partial charge < -0.3 is 9.52 Å². The fourth-order valence-electron chi connectivity index (χ4n) is 2.97. The molecule has 2 aliphatic rings. The van der Waals surface area contributed by atoms with Crippen LogP contribution in [0.2, 0.25) is 0 Å². The van der Waals surface area contributed by atoms with Crippen molar-refractivity contribution in [2.45, 2.75) is 6.92 Å². The van der Waals surface area contributed by atoms with E-state index in [1.807, 2.05) is 31.2 Å². The number of aryl methyl sites for hydroxylation is 1. The van der Waals surface area contributed by atoms with E-state index in [1.54, 1.807) is 24.3 Å². The lowest BCUT2D eigenvalue weighted by molar-refractivity contribution is 0.474. The average Bonchev–Trinajstić information content (AvgIpc) is 2.52. The van der Waals surface area contributed by atoms with Crippen molar-refractivity contribution in [1.29, 1.82) is 0 Å². The summed E-state index contributed by atoms with van der Waals surface area (Å²) in [6, 6.07) is 18.1. The first-order chi connectivity index (χ1) is 11.1. The van der Waals surface area contributed by atoms with E-state index in [9.17, 15) is 9.90 Å². The van der Waals surface area contributed by atoms with Crippen molar-refractivity contribution in [3.8, 4) is 28.2 Å². The van der Waals surface area contributed by atoms with Gasteiger partial charge in [-0.3, -0.25) is 4.79 Å². The van der Waals surface area contributed by atoms with Gasteiger partial charge in [0.1, 0.15) is 17.1 Å². The molecule has 0 radical (unpaired) electrons. The number of phenols is 1. The van der Waals surface area contributed by atoms with Gasteiger partial charge in [0, 0.05) is 28.6 Å². The van der Waals surface area contributed by atoms with Crippen molar-refractivity contribution < 1.29 is 9.52 Å². The fourth-order valence-corrected chi connectivity index (χ4v) is 2.97. The van der Waals surface area contributed by atoms with Crippen LogP contribution in [0.4, 0.5) is 0 Å². The van der Waals surface area contributed by atoms with Gasteiger partial charge in [-0.1, -0.05) is 29.8 Å². The largest absolute Gasteiger partial charge is 0.508 e. The minimum atomic E-state index is -0.101. The van der Waals surface area contributed by atoms with Gasteiger partial charge in [-0.2, -0.15) is 0 Å². The van der Waals surface area contributed by atoms with Gasteiger partial charge in [0.15, 0.2) is 5.43 Å². The molecule has 0 atom stereocenters. The molecule has 3 heteroatoms. The second-order valence-corrected chi connectivity index (χ2v) is 5.68. The molecule has 0 bridgehead atoms. The van der Waals surface area contributed by atoms with Gasteiger partial charge in [0.05, 0.1) is 0 Å². The van der Waals surface area contributed by atoms with E-state index in [0.29, 0.717) is 11.3 Å². The van der Waals surface area contributed by atoms with Crippen LogP contribution >= 0.6 is 0 Å². The third-order valence-electron chi connectivity index (χ3n) is 3.98. The van der Waals surface area contributed by atoms with Crippen LogP contribution in [0.1, 0.15) is 5.56 Å². The summed E-state index contributed by atoms with van der Waals surface area (Å²) in [5.74, 6) is 0.654. The summed E-state index contributed by atoms with van der Waals surface area (Å²) in [4.78, 5) is 11.7. The van der Waals surface area contributed by atoms with E-state index in [4.69, 9.17) is 4.42 Å². The third kappa shape index (κ3) is 2.27. The molecule has 0 saturated carbocycles. The van der Waals surface area contributed by atoms with Crippen LogP contribution in [0.15, 0.2) is 69.9 Å². The first-order valence-corrected chi connectivity index (χ1v) is 7.38. The van der Waals surface area contributed by atoms with Crippen LogP contribution in [-0.2, 0) is 0 Å². The van der Waals surface area contributed by atoms with Crippen LogP contribution in [0.25, 0.3) is 33.4 Å². The Morgan fingerprint density at radius 2 is 1.83 bits per heavy atom. The first kappa shape index (κ1) is 13.6. The van der Waals surface area contributed by atoms with Crippen molar-refractivity contribution in [3.05, 3.63) is 76.5 Å². The molecule has 0 saturated heterocycles. The monoisotopic (exact) mass is 302 g/mol. The Morgan fingerprint density at radius 3 is 2.65 bits per heavy atom. The number of benzene rings is 3. The second kappa shape index (κ2) is 4.99. The lowest BCUT2D eigenvalue weighted by Crippen LogP contribution is -1.99. The highest BCUT2D eigenvalue weighted by Crippen LogP contribution is 2.40. The summed E-state index contributed by atoms with van der Waals surface area (Å²) >= 11 is 0. The predicted molar refractivity (Wildman–Crippen MR) is 90.9 cm³/mol. The van der Waals surface area contributed by atoms with Gasteiger partial charge in [-0.25, -0.2) is 0 Å². The number of hydrogen-bond acceptors (Lipinski definition) is 3. The number of phenolic OH excluding ortho intramolecular Hbond substituents is 1. The SMILES string of the molecule is Cc1cccc(-c2c3ccc(=O)cc-3oc3cc(O)ccc23)c1. The van der Waals surface area contributed by atoms with Crippen molar-refractivity contribution in [3.63, 3.8) is 0 Å². The van der Waals surface area contributed by atoms with E-state index in [-0.39, 0.29) is 11.2 Å². The molecule has 23 heavy (non-hydrogen) atoms. The van der Waals surface area contributed by atoms with Gasteiger partial charge in [-0.05, 0) is 36.8 Å². The molecule has 0 unspecified atom stereocenters. The second-order valence-electron chi connectivity index (χ2n) is 5.68. The number of fused-ring (bicyclic) bond motifs is 2. The highest BCUT2D eigenvalue weighted by Gasteiger charge is 2.17. The Morgan fingerprint density at radius 1 is 0.957 bits per heavy atom. The summed E-state index contributed by atoms with van der Waals surface area (Å²) in [6.45, 7) is 2.04. The van der Waals surface area contributed by atoms with E-state index in [2.05, 4.69) is 6.07 Å². The molecular weight excluding hydrogens is 288 g/mol. The quantitative estimate of drug-likeness (QED) is 0.524. The molecule has 4 rings (SSSR count). The van der Waals surface area contributed by atoms with Crippen molar-refractivity contribution >= 4 is 11.0 Å². The molecule has 1 N–H and O–H groups in total. The van der Waals surface area contributed by atoms with E-state index >= 15 is 0 Å². The first-order valence-electron chi connectivity index (χ1n) is 7.38. The van der Waals surface area contributed by atoms with Gasteiger partial charge in [-0.15, -0.1) is 0 Å². The van der Waals surface area contributed by atoms with Crippen LogP contribution in [0, 0.1) is 6.92 Å². The lowest BCUT2D eigenvalue weighted by atomic mass is 9.93. The smallest absolute Gasteiger partial charge is 0.182 e. The maximum atomic E-state index is 11.7. The topological polar surface area (TPSA) is 50.4 Å².